The maximum Gasteiger partial charge on any atom is 3.00 e. The number of hydrogen-bond donors (Lipinski definition) is 1. The van der Waals surface area contributed by atoms with Gasteiger partial charge in [-0.05, 0) is 12.8 Å². The third-order valence-electron chi connectivity index (χ3n) is 7.33. The molecular weight excluding hydrogens is 695 g/mol. The van der Waals surface area contributed by atoms with E-state index in [4.69, 9.17) is 0 Å². The Morgan fingerprint density at radius 3 is 1.37 bits per heavy atom. The van der Waals surface area contributed by atoms with Gasteiger partial charge < -0.3 is 44.7 Å². The predicted octanol–water partition coefficient (Wildman–Crippen LogP) is -9.79. The van der Waals surface area contributed by atoms with E-state index in [1.54, 1.807) is 19.6 Å². The molecule has 1 saturated carbocycles. The van der Waals surface area contributed by atoms with Crippen molar-refractivity contribution in [3.63, 3.8) is 0 Å². The van der Waals surface area contributed by atoms with Crippen LogP contribution >= 0.6 is 0 Å². The van der Waals surface area contributed by atoms with E-state index >= 15 is 0 Å². The smallest absolute Gasteiger partial charge is 0.549 e. The number of carboxylic acids is 4. The van der Waals surface area contributed by atoms with Gasteiger partial charge in [-0.1, -0.05) is 19.3 Å². The molecule has 1 radical (unpaired) electrons. The molecule has 0 aromatic rings. The van der Waals surface area contributed by atoms with Gasteiger partial charge in [0.1, 0.15) is 0 Å². The number of hydrogen-bond acceptors (Lipinski definition) is 14. The summed E-state index contributed by atoms with van der Waals surface area (Å²) in [6, 6.07) is 0.0543. The fourth-order valence-corrected chi connectivity index (χ4v) is 5.36. The monoisotopic (exact) mass is 736 g/mol. The fraction of sp³-hybridized carbons (Fsp3) is 0.840. The molecule has 0 aromatic carbocycles. The second-order valence-electron chi connectivity index (χ2n) is 10.5. The molecule has 41 heavy (non-hydrogen) atoms. The average Bonchev–Trinajstić information content (AvgIpc) is 2.84. The number of aliphatic hydroxyl groups is 1. The standard InChI is InChI=1S/C25H45N5O9.Gd.Na/c31-21(15-30(19-25(38)39)20-4-2-1-3-5-20)14-26-6-8-27(16-22(32)33)10-12-29(18-24(36)37)13-11-28(9-7-26)17-23(34)35;;/h20-21,31H,1-19H2,(H,32,33)(H,34,35)(H,36,37)(H,38,39);;/q;+3;+1/p-4. The molecular formula is C25H41GdN5NaO9. The Balaban J connectivity index is 0.00000800. The molecule has 1 aliphatic heterocycles. The Morgan fingerprint density at radius 2 is 1.02 bits per heavy atom. The molecule has 0 aromatic heterocycles. The van der Waals surface area contributed by atoms with Gasteiger partial charge in [0.2, 0.25) is 0 Å². The zero-order valence-electron chi connectivity index (χ0n) is 23.9. The molecule has 1 atom stereocenters. The minimum atomic E-state index is -1.29. The van der Waals surface area contributed by atoms with Crippen LogP contribution in [0.5, 0.6) is 0 Å². The van der Waals surface area contributed by atoms with E-state index in [0.717, 1.165) is 32.1 Å². The number of β-amino-alcohol motifs (C(OH)–C–C–N with tert-alkyl or cyclic N) is 1. The van der Waals surface area contributed by atoms with Crippen LogP contribution in [0, 0.1) is 39.9 Å². The molecule has 1 heterocycles. The number of nitrogens with zero attached hydrogens (tertiary/aromatic N) is 5. The molecule has 14 nitrogen and oxygen atoms in total. The van der Waals surface area contributed by atoms with Gasteiger partial charge >= 0.3 is 69.5 Å². The Labute approximate surface area is 296 Å². The molecule has 229 valence electrons. The van der Waals surface area contributed by atoms with E-state index in [0.29, 0.717) is 13.1 Å². The van der Waals surface area contributed by atoms with Gasteiger partial charge in [-0.3, -0.25) is 24.5 Å². The van der Waals surface area contributed by atoms with Crippen LogP contribution in [0.15, 0.2) is 0 Å². The van der Waals surface area contributed by atoms with Crippen molar-refractivity contribution in [2.45, 2.75) is 44.2 Å². The molecule has 2 aliphatic rings. The summed E-state index contributed by atoms with van der Waals surface area (Å²) >= 11 is 0. The summed E-state index contributed by atoms with van der Waals surface area (Å²) < 4.78 is 0. The molecule has 1 unspecified atom stereocenters. The van der Waals surface area contributed by atoms with Crippen LogP contribution in [0.4, 0.5) is 0 Å². The van der Waals surface area contributed by atoms with Crippen LogP contribution in [0.2, 0.25) is 0 Å². The first kappa shape index (κ1) is 41.0. The first-order valence-corrected chi connectivity index (χ1v) is 13.6. The minimum absolute atomic E-state index is 0. The summed E-state index contributed by atoms with van der Waals surface area (Å²) in [5.41, 5.74) is 0. The number of carbonyl (C=O) groups is 4. The quantitative estimate of drug-likeness (QED) is 0.175. The van der Waals surface area contributed by atoms with Gasteiger partial charge in [-0.25, -0.2) is 0 Å². The van der Waals surface area contributed by atoms with Crippen LogP contribution in [-0.4, -0.2) is 157 Å². The molecule has 1 aliphatic carbocycles. The minimum Gasteiger partial charge on any atom is -0.549 e. The maximum atomic E-state index is 11.4. The van der Waals surface area contributed by atoms with E-state index < -0.39 is 30.0 Å². The summed E-state index contributed by atoms with van der Waals surface area (Å²) in [4.78, 5) is 53.7. The number of aliphatic hydroxyl groups excluding tert-OH is 1. The number of rotatable bonds is 13. The van der Waals surface area contributed by atoms with Gasteiger partial charge in [-0.2, -0.15) is 0 Å². The molecule has 1 N–H and O–H groups in total. The Bertz CT molecular complexity index is 777. The first-order valence-electron chi connectivity index (χ1n) is 13.6. The van der Waals surface area contributed by atoms with E-state index in [2.05, 4.69) is 0 Å². The average molecular weight is 736 g/mol. The normalized spacial score (nSPS) is 20.1. The van der Waals surface area contributed by atoms with Gasteiger partial charge in [0.05, 0.1) is 30.0 Å². The van der Waals surface area contributed by atoms with E-state index in [9.17, 15) is 44.7 Å². The molecule has 0 amide bonds. The van der Waals surface area contributed by atoms with Crippen molar-refractivity contribution >= 4 is 23.9 Å². The fourth-order valence-electron chi connectivity index (χ4n) is 5.36. The number of aliphatic carboxylic acids is 4. The van der Waals surface area contributed by atoms with Crippen molar-refractivity contribution in [3.05, 3.63) is 0 Å². The second kappa shape index (κ2) is 22.5. The van der Waals surface area contributed by atoms with Gasteiger partial charge in [0.25, 0.3) is 0 Å². The Morgan fingerprint density at radius 1 is 0.659 bits per heavy atom. The Hall–Kier alpha value is -0.0353. The van der Waals surface area contributed by atoms with Crippen LogP contribution in [0.1, 0.15) is 32.1 Å². The van der Waals surface area contributed by atoms with Gasteiger partial charge in [0.15, 0.2) is 0 Å². The third kappa shape index (κ3) is 18.4. The van der Waals surface area contributed by atoms with Gasteiger partial charge in [-0.15, -0.1) is 0 Å². The predicted molar refractivity (Wildman–Crippen MR) is 130 cm³/mol. The van der Waals surface area contributed by atoms with Crippen molar-refractivity contribution in [2.75, 3.05) is 91.6 Å². The van der Waals surface area contributed by atoms with E-state index in [-0.39, 0.29) is 154 Å². The number of carbonyl (C=O) groups excluding carboxylic acids is 4. The molecule has 2 rings (SSSR count). The largest absolute Gasteiger partial charge is 3.00 e. The third-order valence-corrected chi connectivity index (χ3v) is 7.33. The number of carboxylic acid groups (broad SMARTS) is 4. The van der Waals surface area contributed by atoms with Crippen molar-refractivity contribution in [3.8, 4) is 0 Å². The molecule has 0 bridgehead atoms. The van der Waals surface area contributed by atoms with Crippen molar-refractivity contribution in [1.29, 1.82) is 0 Å². The topological polar surface area (TPSA) is 197 Å². The second-order valence-corrected chi connectivity index (χ2v) is 10.5. The summed E-state index contributed by atoms with van der Waals surface area (Å²) in [6.07, 6.45) is 3.91. The zero-order valence-corrected chi connectivity index (χ0v) is 28.2. The Kier molecular flexibility index (Phi) is 22.5. The summed E-state index contributed by atoms with van der Waals surface area (Å²) in [5.74, 6) is -5.04. The zero-order chi connectivity index (χ0) is 28.8. The molecule has 1 saturated heterocycles. The summed E-state index contributed by atoms with van der Waals surface area (Å²) in [6.45, 7) is 1.12. The molecule has 16 heteroatoms. The van der Waals surface area contributed by atoms with E-state index in [1.807, 2.05) is 4.90 Å². The molecule has 0 spiro atoms. The van der Waals surface area contributed by atoms with Crippen molar-refractivity contribution < 1.29 is 114 Å². The van der Waals surface area contributed by atoms with Crippen molar-refractivity contribution in [2.24, 2.45) is 0 Å². The maximum absolute atomic E-state index is 11.4. The summed E-state index contributed by atoms with van der Waals surface area (Å²) in [5, 5.41) is 56.1. The first-order chi connectivity index (χ1) is 18.5. The van der Waals surface area contributed by atoms with Crippen LogP contribution in [0.3, 0.4) is 0 Å². The van der Waals surface area contributed by atoms with E-state index in [1.165, 1.54) is 0 Å². The summed E-state index contributed by atoms with van der Waals surface area (Å²) in [7, 11) is 0. The van der Waals surface area contributed by atoms with Gasteiger partial charge in [0, 0.05) is 97.7 Å². The van der Waals surface area contributed by atoms with Crippen molar-refractivity contribution in [1.82, 2.24) is 24.5 Å². The SMILES string of the molecule is O=C([O-])CN1CCN(CC(=O)[O-])CCN(CC(O)CN(CC(=O)[O-])C2CCCCC2)CCN(CC(=O)[O-])CC1.[Gd+3].[Na+]. The van der Waals surface area contributed by atoms with Crippen LogP contribution in [0.25, 0.3) is 0 Å². The molecule has 2 fully saturated rings. The van der Waals surface area contributed by atoms with Crippen LogP contribution < -0.4 is 50.0 Å². The van der Waals surface area contributed by atoms with Crippen LogP contribution in [-0.2, 0) is 19.2 Å².